The minimum Gasteiger partial charge on any atom is -0.392 e. The molecule has 0 aromatic heterocycles. The summed E-state index contributed by atoms with van der Waals surface area (Å²) < 4.78 is 0. The van der Waals surface area contributed by atoms with Crippen LogP contribution in [0.15, 0.2) is 12.2 Å². The fourth-order valence-electron chi connectivity index (χ4n) is 11.9. The van der Waals surface area contributed by atoms with E-state index in [1.54, 1.807) is 6.08 Å². The van der Waals surface area contributed by atoms with Crippen molar-refractivity contribution in [3.8, 4) is 0 Å². The Labute approximate surface area is 526 Å². The lowest BCUT2D eigenvalue weighted by molar-refractivity contribution is -0.110. The second kappa shape index (κ2) is 67.5. The Morgan fingerprint density at radius 1 is 0.313 bits per heavy atom. The number of nitrogens with zero attached hydrogens (tertiary/aromatic N) is 2. The number of rotatable bonds is 69. The van der Waals surface area contributed by atoms with Crippen molar-refractivity contribution in [3.63, 3.8) is 0 Å². The largest absolute Gasteiger partial charge is 0.392 e. The van der Waals surface area contributed by atoms with E-state index < -0.39 is 24.4 Å². The van der Waals surface area contributed by atoms with Crippen LogP contribution in [0.4, 0.5) is 0 Å². The van der Waals surface area contributed by atoms with E-state index in [1.165, 1.54) is 286 Å². The Kier molecular flexibility index (Phi) is 67.1. The Bertz CT molecular complexity index is 1270. The molecule has 0 aliphatic rings. The summed E-state index contributed by atoms with van der Waals surface area (Å²) in [4.78, 5) is 30.4. The van der Waals surface area contributed by atoms with Crippen LogP contribution >= 0.6 is 23.5 Å². The predicted octanol–water partition coefficient (Wildman–Crippen LogP) is 20.9. The summed E-state index contributed by atoms with van der Waals surface area (Å²) in [5.41, 5.74) is 0. The Balaban J connectivity index is 5.03. The highest BCUT2D eigenvalue weighted by Crippen LogP contribution is 2.20. The molecule has 0 spiro atoms. The van der Waals surface area contributed by atoms with Crippen molar-refractivity contribution in [2.75, 3.05) is 50.8 Å². The summed E-state index contributed by atoms with van der Waals surface area (Å²) in [5.74, 6) is 1.15. The number of hydrogen-bond acceptors (Lipinski definition) is 10. The minimum absolute atomic E-state index is 0.0172. The van der Waals surface area contributed by atoms with E-state index in [4.69, 9.17) is 0 Å². The lowest BCUT2D eigenvalue weighted by Gasteiger charge is -2.27. The highest BCUT2D eigenvalue weighted by atomic mass is 32.2. The van der Waals surface area contributed by atoms with Gasteiger partial charge in [-0.15, -0.1) is 0 Å². The molecule has 0 fully saturated rings. The number of carbonyl (C=O) groups is 2. The SMILES string of the molecule is CCCCCCCCCCCCCCC(O)CN(CCSC(=O)/C=C/CC(=O)SCCN(CC(O)CCCCCCCCCCCCCC)CC(O)CCCCCCCCCCCCCC)CC(O)CCCCCCCCCCCCCC. The van der Waals surface area contributed by atoms with Gasteiger partial charge in [0.1, 0.15) is 0 Å². The maximum atomic E-state index is 13.1. The molecule has 4 atom stereocenters. The molecule has 0 amide bonds. The number of carbonyl (C=O) groups excluding carboxylic acids is 2. The van der Waals surface area contributed by atoms with Gasteiger partial charge in [-0.3, -0.25) is 19.4 Å². The molecule has 0 aromatic carbocycles. The van der Waals surface area contributed by atoms with Gasteiger partial charge in [-0.1, -0.05) is 365 Å². The molecule has 4 unspecified atom stereocenters. The van der Waals surface area contributed by atoms with Crippen LogP contribution in [0.25, 0.3) is 0 Å². The van der Waals surface area contributed by atoms with Gasteiger partial charge in [-0.25, -0.2) is 0 Å². The molecule has 0 radical (unpaired) electrons. The van der Waals surface area contributed by atoms with Crippen molar-refractivity contribution >= 4 is 33.8 Å². The van der Waals surface area contributed by atoms with Crippen molar-refractivity contribution < 1.29 is 30.0 Å². The lowest BCUT2D eigenvalue weighted by Crippen LogP contribution is -2.39. The first-order chi connectivity index (χ1) is 40.6. The van der Waals surface area contributed by atoms with Crippen molar-refractivity contribution in [3.05, 3.63) is 12.2 Å². The molecule has 494 valence electrons. The number of thioether (sulfide) groups is 2. The molecular formula is C73H144N2O6S2. The average Bonchev–Trinajstić information content (AvgIpc) is 3.47. The van der Waals surface area contributed by atoms with Gasteiger partial charge in [0, 0.05) is 57.2 Å². The molecule has 0 saturated heterocycles. The average molecular weight is 1210 g/mol. The molecule has 10 heteroatoms. The molecule has 0 heterocycles. The summed E-state index contributed by atoms with van der Waals surface area (Å²) in [5, 5.41) is 44.5. The van der Waals surface area contributed by atoms with Crippen molar-refractivity contribution in [2.45, 2.75) is 392 Å². The van der Waals surface area contributed by atoms with E-state index in [9.17, 15) is 30.0 Å². The maximum Gasteiger partial charge on any atom is 0.211 e. The van der Waals surface area contributed by atoms with Crippen LogP contribution < -0.4 is 0 Å². The lowest BCUT2D eigenvalue weighted by atomic mass is 10.0. The molecule has 0 rings (SSSR count). The molecule has 0 aliphatic carbocycles. The Hall–Kier alpha value is -0.460. The normalized spacial score (nSPS) is 13.5. The van der Waals surface area contributed by atoms with Crippen LogP contribution in [0.2, 0.25) is 0 Å². The standard InChI is InChI=1S/C73H144N2O6S2/c1-5-9-13-17-21-25-29-33-37-41-45-49-54-68(76)64-74(65-69(77)55-50-46-42-38-34-30-26-22-18-14-10-6-2)60-62-82-72(80)58-53-59-73(81)83-63-61-75(66-70(78)56-51-47-43-39-35-31-27-23-19-15-11-7-3)67-71(79)57-52-48-44-40-36-32-28-24-20-16-12-8-4/h53,58,68-71,76-79H,5-52,54-57,59-67H2,1-4H3/b58-53+. The van der Waals surface area contributed by atoms with Gasteiger partial charge in [0.15, 0.2) is 5.12 Å². The van der Waals surface area contributed by atoms with E-state index in [0.29, 0.717) is 50.8 Å². The molecular weight excluding hydrogens is 1060 g/mol. The van der Waals surface area contributed by atoms with Gasteiger partial charge >= 0.3 is 0 Å². The van der Waals surface area contributed by atoms with Gasteiger partial charge in [0.2, 0.25) is 5.12 Å². The van der Waals surface area contributed by atoms with E-state index >= 15 is 0 Å². The number of allylic oxidation sites excluding steroid dienone is 1. The number of aliphatic hydroxyl groups is 4. The first-order valence-corrected chi connectivity index (χ1v) is 38.8. The van der Waals surface area contributed by atoms with Gasteiger partial charge < -0.3 is 20.4 Å². The first-order valence-electron chi connectivity index (χ1n) is 36.8. The van der Waals surface area contributed by atoms with Crippen LogP contribution in [0, 0.1) is 0 Å². The zero-order valence-electron chi connectivity index (χ0n) is 55.9. The van der Waals surface area contributed by atoms with Crippen LogP contribution in [-0.2, 0) is 9.59 Å². The Morgan fingerprint density at radius 2 is 0.518 bits per heavy atom. The second-order valence-corrected chi connectivity index (χ2v) is 28.1. The predicted molar refractivity (Wildman–Crippen MR) is 368 cm³/mol. The van der Waals surface area contributed by atoms with Crippen LogP contribution in [0.3, 0.4) is 0 Å². The van der Waals surface area contributed by atoms with E-state index in [-0.39, 0.29) is 16.7 Å². The molecule has 4 N–H and O–H groups in total. The molecule has 0 aromatic rings. The summed E-state index contributed by atoms with van der Waals surface area (Å²) in [6.07, 6.45) is 66.8. The third kappa shape index (κ3) is 64.3. The third-order valence-electron chi connectivity index (χ3n) is 17.3. The first kappa shape index (κ1) is 82.5. The quantitative estimate of drug-likeness (QED) is 0.0346. The zero-order chi connectivity index (χ0) is 60.6. The molecule has 0 bridgehead atoms. The van der Waals surface area contributed by atoms with Crippen LogP contribution in [-0.4, -0.2) is 116 Å². The molecule has 83 heavy (non-hydrogen) atoms. The summed E-state index contributed by atoms with van der Waals surface area (Å²) in [6, 6.07) is 0. The van der Waals surface area contributed by atoms with Gasteiger partial charge in [-0.2, -0.15) is 0 Å². The minimum atomic E-state index is -0.448. The van der Waals surface area contributed by atoms with Crippen LogP contribution in [0.1, 0.15) is 368 Å². The fraction of sp³-hybridized carbons (Fsp3) is 0.945. The third-order valence-corrected chi connectivity index (χ3v) is 19.0. The van der Waals surface area contributed by atoms with E-state index in [0.717, 1.165) is 77.0 Å². The van der Waals surface area contributed by atoms with Crippen molar-refractivity contribution in [2.24, 2.45) is 0 Å². The zero-order valence-corrected chi connectivity index (χ0v) is 57.5. The monoisotopic (exact) mass is 1210 g/mol. The smallest absolute Gasteiger partial charge is 0.211 e. The van der Waals surface area contributed by atoms with Crippen molar-refractivity contribution in [1.82, 2.24) is 9.80 Å². The number of aliphatic hydroxyl groups excluding tert-OH is 4. The topological polar surface area (TPSA) is 122 Å². The van der Waals surface area contributed by atoms with E-state index in [2.05, 4.69) is 37.5 Å². The number of unbranched alkanes of at least 4 members (excludes halogenated alkanes) is 44. The second-order valence-electron chi connectivity index (χ2n) is 25.8. The maximum absolute atomic E-state index is 13.1. The Morgan fingerprint density at radius 3 is 0.747 bits per heavy atom. The number of hydrogen-bond donors (Lipinski definition) is 4. The van der Waals surface area contributed by atoms with E-state index in [1.807, 2.05) is 0 Å². The highest BCUT2D eigenvalue weighted by Gasteiger charge is 2.19. The van der Waals surface area contributed by atoms with Crippen molar-refractivity contribution in [1.29, 1.82) is 0 Å². The van der Waals surface area contributed by atoms with Gasteiger partial charge in [-0.05, 0) is 31.8 Å². The summed E-state index contributed by atoms with van der Waals surface area (Å²) in [6.45, 7) is 12.4. The van der Waals surface area contributed by atoms with Gasteiger partial charge in [0.05, 0.1) is 24.4 Å². The van der Waals surface area contributed by atoms with Crippen LogP contribution in [0.5, 0.6) is 0 Å². The summed E-state index contributed by atoms with van der Waals surface area (Å²) >= 11 is 2.52. The fourth-order valence-corrected chi connectivity index (χ4v) is 13.4. The molecule has 0 aliphatic heterocycles. The molecule has 8 nitrogen and oxygen atoms in total. The molecule has 0 saturated carbocycles. The summed E-state index contributed by atoms with van der Waals surface area (Å²) in [7, 11) is 0. The van der Waals surface area contributed by atoms with Gasteiger partial charge in [0.25, 0.3) is 0 Å². The highest BCUT2D eigenvalue weighted by molar-refractivity contribution is 8.14.